The van der Waals surface area contributed by atoms with E-state index in [1.54, 1.807) is 79.7 Å². The first kappa shape index (κ1) is 31.2. The number of benzene rings is 3. The fourth-order valence-corrected chi connectivity index (χ4v) is 4.96. The van der Waals surface area contributed by atoms with Crippen molar-refractivity contribution in [3.63, 3.8) is 0 Å². The Balaban J connectivity index is 1.56. The molecule has 1 heterocycles. The summed E-state index contributed by atoms with van der Waals surface area (Å²) in [4.78, 5) is 79.1. The van der Waals surface area contributed by atoms with Crippen molar-refractivity contribution in [3.05, 3.63) is 102 Å². The van der Waals surface area contributed by atoms with Crippen LogP contribution in [0.3, 0.4) is 0 Å². The highest BCUT2D eigenvalue weighted by Crippen LogP contribution is 2.38. The molecule has 4 rings (SSSR count). The fraction of sp³-hybridized carbons (Fsp3) is 0.226. The molecule has 3 aromatic carbocycles. The van der Waals surface area contributed by atoms with E-state index in [1.165, 1.54) is 17.0 Å². The number of rotatable bonds is 12. The van der Waals surface area contributed by atoms with Crippen molar-refractivity contribution in [2.24, 2.45) is 0 Å². The first-order chi connectivity index (χ1) is 20.9. The molecule has 3 aromatic rings. The quantitative estimate of drug-likeness (QED) is 0.152. The van der Waals surface area contributed by atoms with Crippen LogP contribution >= 0.6 is 0 Å². The van der Waals surface area contributed by atoms with Crippen LogP contribution in [0.4, 0.5) is 10.5 Å². The van der Waals surface area contributed by atoms with Gasteiger partial charge in [-0.25, -0.2) is 9.59 Å². The van der Waals surface area contributed by atoms with E-state index in [1.807, 2.05) is 0 Å². The van der Waals surface area contributed by atoms with E-state index in [2.05, 4.69) is 10.6 Å². The van der Waals surface area contributed by atoms with Crippen molar-refractivity contribution in [1.29, 1.82) is 0 Å². The lowest BCUT2D eigenvalue weighted by Gasteiger charge is -2.32. The van der Waals surface area contributed by atoms with Crippen LogP contribution in [0.5, 0.6) is 0 Å². The second kappa shape index (κ2) is 13.1. The van der Waals surface area contributed by atoms with Gasteiger partial charge in [0.2, 0.25) is 11.8 Å². The predicted molar refractivity (Wildman–Crippen MR) is 156 cm³/mol. The van der Waals surface area contributed by atoms with E-state index in [0.717, 1.165) is 10.5 Å². The highest BCUT2D eigenvalue weighted by atomic mass is 16.4. The maximum Gasteiger partial charge on any atom is 0.330 e. The molecular formula is C31H31N5O8. The largest absolute Gasteiger partial charge is 0.481 e. The molecule has 0 radical (unpaired) electrons. The molecule has 44 heavy (non-hydrogen) atoms. The van der Waals surface area contributed by atoms with Gasteiger partial charge in [-0.15, -0.1) is 0 Å². The first-order valence-corrected chi connectivity index (χ1v) is 13.5. The Morgan fingerprint density at radius 3 is 2.02 bits per heavy atom. The van der Waals surface area contributed by atoms with Crippen LogP contribution in [0.1, 0.15) is 36.1 Å². The number of nitrogens with two attached hydrogens (primary N) is 1. The molecular weight excluding hydrogens is 570 g/mol. The van der Waals surface area contributed by atoms with Gasteiger partial charge in [0, 0.05) is 12.2 Å². The third kappa shape index (κ3) is 6.67. The van der Waals surface area contributed by atoms with Crippen molar-refractivity contribution >= 4 is 41.4 Å². The average molecular weight is 602 g/mol. The summed E-state index contributed by atoms with van der Waals surface area (Å²) in [7, 11) is 0. The van der Waals surface area contributed by atoms with Gasteiger partial charge in [0.25, 0.3) is 5.91 Å². The number of nitrogens with one attached hydrogen (secondary N) is 2. The monoisotopic (exact) mass is 601 g/mol. The minimum atomic E-state index is -1.71. The number of hydrogen-bond acceptors (Lipinski definition) is 7. The Bertz CT molecular complexity index is 1560. The summed E-state index contributed by atoms with van der Waals surface area (Å²) in [6.07, 6.45) is -0.885. The highest BCUT2D eigenvalue weighted by Gasteiger charge is 2.55. The Morgan fingerprint density at radius 1 is 0.864 bits per heavy atom. The average Bonchev–Trinajstić information content (AvgIpc) is 3.17. The van der Waals surface area contributed by atoms with E-state index >= 15 is 0 Å². The molecule has 5 amide bonds. The van der Waals surface area contributed by atoms with Crippen molar-refractivity contribution < 1.29 is 39.0 Å². The van der Waals surface area contributed by atoms with Gasteiger partial charge in [-0.1, -0.05) is 72.8 Å². The van der Waals surface area contributed by atoms with Gasteiger partial charge in [0.05, 0.1) is 6.42 Å². The molecule has 1 aliphatic heterocycles. The predicted octanol–water partition coefficient (Wildman–Crippen LogP) is 1.85. The lowest BCUT2D eigenvalue weighted by molar-refractivity contribution is -0.144. The lowest BCUT2D eigenvalue weighted by Crippen LogP contribution is -2.52. The number of anilines is 1. The van der Waals surface area contributed by atoms with Crippen LogP contribution in [-0.2, 0) is 36.1 Å². The second-order valence-electron chi connectivity index (χ2n) is 10.3. The van der Waals surface area contributed by atoms with E-state index in [9.17, 15) is 39.0 Å². The van der Waals surface area contributed by atoms with E-state index in [4.69, 9.17) is 5.73 Å². The van der Waals surface area contributed by atoms with Crippen molar-refractivity contribution in [3.8, 4) is 0 Å². The van der Waals surface area contributed by atoms with Gasteiger partial charge in [-0.05, 0) is 35.7 Å². The number of carboxylic acid groups (broad SMARTS) is 2. The molecule has 1 unspecified atom stereocenters. The molecule has 0 bridgehead atoms. The van der Waals surface area contributed by atoms with Gasteiger partial charge < -0.3 is 31.5 Å². The van der Waals surface area contributed by atoms with Gasteiger partial charge in [0.1, 0.15) is 18.1 Å². The summed E-state index contributed by atoms with van der Waals surface area (Å²) in [5.74, 6) is -5.64. The normalized spacial score (nSPS) is 17.6. The topological polar surface area (TPSA) is 199 Å². The van der Waals surface area contributed by atoms with E-state index < -0.39 is 66.3 Å². The zero-order valence-electron chi connectivity index (χ0n) is 23.7. The van der Waals surface area contributed by atoms with Crippen LogP contribution in [0.25, 0.3) is 0 Å². The molecule has 6 N–H and O–H groups in total. The number of carbonyl (C=O) groups is 6. The summed E-state index contributed by atoms with van der Waals surface area (Å²) in [5.41, 5.74) is 6.15. The van der Waals surface area contributed by atoms with Crippen LogP contribution in [0.2, 0.25) is 0 Å². The second-order valence-corrected chi connectivity index (χ2v) is 10.3. The summed E-state index contributed by atoms with van der Waals surface area (Å²) < 4.78 is 0. The summed E-state index contributed by atoms with van der Waals surface area (Å²) in [6, 6.07) is 19.0. The summed E-state index contributed by atoms with van der Waals surface area (Å²) in [5, 5.41) is 23.5. The Kier molecular flexibility index (Phi) is 9.27. The molecule has 0 aliphatic carbocycles. The third-order valence-electron chi connectivity index (χ3n) is 7.32. The molecule has 3 atom stereocenters. The fourth-order valence-electron chi connectivity index (χ4n) is 4.96. The number of nitrogens with zero attached hydrogens (tertiary/aromatic N) is 2. The number of imide groups is 1. The molecule has 228 valence electrons. The number of amides is 5. The molecule has 0 spiro atoms. The van der Waals surface area contributed by atoms with Gasteiger partial charge in [-0.3, -0.25) is 24.1 Å². The zero-order valence-corrected chi connectivity index (χ0v) is 23.7. The standard InChI is InChI=1S/C31H31N5O8/c1-31(21-12-14-22(32)15-13-21)29(43)35(30(44)36(31)17-19-8-4-2-5-9-19)18-24(37)33-23(16-25(38)39)27(40)34-26(28(41)42)20-10-6-3-7-11-20/h2-15,23,26H,16-18,32H2,1H3,(H,33,37)(H,34,40)(H,38,39)(H,41,42)/t23-,26-,31?/m0/s1. The Hall–Kier alpha value is -5.72. The third-order valence-corrected chi connectivity index (χ3v) is 7.32. The SMILES string of the molecule is CC1(c2ccc(N)cc2)C(=O)N(CC(=O)N[C@@H](CC(=O)O)C(=O)N[C@H](C(=O)O)c2ccccc2)C(=O)N1Cc1ccccc1. The molecule has 0 aromatic heterocycles. The van der Waals surface area contributed by atoms with Gasteiger partial charge in [0.15, 0.2) is 6.04 Å². The highest BCUT2D eigenvalue weighted by molar-refractivity contribution is 6.09. The van der Waals surface area contributed by atoms with E-state index in [0.29, 0.717) is 11.3 Å². The number of carbonyl (C=O) groups excluding carboxylic acids is 4. The molecule has 1 fully saturated rings. The number of hydrogen-bond donors (Lipinski definition) is 5. The zero-order chi connectivity index (χ0) is 32.0. The molecule has 1 aliphatic rings. The number of carboxylic acids is 2. The Morgan fingerprint density at radius 2 is 1.45 bits per heavy atom. The lowest BCUT2D eigenvalue weighted by atomic mass is 9.89. The smallest absolute Gasteiger partial charge is 0.330 e. The summed E-state index contributed by atoms with van der Waals surface area (Å²) in [6.45, 7) is 0.762. The minimum absolute atomic E-state index is 0.0323. The van der Waals surface area contributed by atoms with Crippen LogP contribution in [-0.4, -0.2) is 68.3 Å². The molecule has 13 heteroatoms. The number of aliphatic carboxylic acids is 2. The van der Waals surface area contributed by atoms with Gasteiger partial charge >= 0.3 is 18.0 Å². The molecule has 13 nitrogen and oxygen atoms in total. The number of nitrogen functional groups attached to an aromatic ring is 1. The van der Waals surface area contributed by atoms with Crippen molar-refractivity contribution in [2.75, 3.05) is 12.3 Å². The van der Waals surface area contributed by atoms with Crippen LogP contribution < -0.4 is 16.4 Å². The van der Waals surface area contributed by atoms with Gasteiger partial charge in [-0.2, -0.15) is 0 Å². The maximum atomic E-state index is 13.8. The maximum absolute atomic E-state index is 13.8. The van der Waals surface area contributed by atoms with Crippen LogP contribution in [0.15, 0.2) is 84.9 Å². The van der Waals surface area contributed by atoms with Crippen molar-refractivity contribution in [2.45, 2.75) is 37.5 Å². The first-order valence-electron chi connectivity index (χ1n) is 13.5. The van der Waals surface area contributed by atoms with Crippen molar-refractivity contribution in [1.82, 2.24) is 20.4 Å². The summed E-state index contributed by atoms with van der Waals surface area (Å²) >= 11 is 0. The Labute approximate surface area is 252 Å². The molecule has 0 saturated carbocycles. The van der Waals surface area contributed by atoms with Crippen LogP contribution in [0, 0.1) is 0 Å². The van der Waals surface area contributed by atoms with E-state index in [-0.39, 0.29) is 12.1 Å². The minimum Gasteiger partial charge on any atom is -0.481 e. The number of urea groups is 1. The molecule has 1 saturated heterocycles.